The van der Waals surface area contributed by atoms with Gasteiger partial charge in [0.05, 0.1) is 6.61 Å². The van der Waals surface area contributed by atoms with E-state index >= 15 is 0 Å². The van der Waals surface area contributed by atoms with E-state index in [-0.39, 0.29) is 19.6 Å². The Hall–Kier alpha value is -1.59. The molecule has 0 fully saturated rings. The van der Waals surface area contributed by atoms with Crippen LogP contribution in [0.2, 0.25) is 0 Å². The molecule has 0 atom stereocenters. The van der Waals surface area contributed by atoms with Crippen LogP contribution in [0.15, 0.2) is 0 Å². The van der Waals surface area contributed by atoms with E-state index in [4.69, 9.17) is 9.47 Å². The number of ether oxygens (including phenoxy) is 2. The second-order valence-corrected chi connectivity index (χ2v) is 4.76. The van der Waals surface area contributed by atoms with Crippen molar-refractivity contribution in [2.45, 2.75) is 46.1 Å². The predicted octanol–water partition coefficient (Wildman–Crippen LogP) is 0.788. The van der Waals surface area contributed by atoms with Crippen LogP contribution in [0.1, 0.15) is 40.5 Å². The molecule has 1 N–H and O–H groups in total. The largest absolute Gasteiger partial charge is 0.465 e. The van der Waals surface area contributed by atoms with Gasteiger partial charge in [-0.05, 0) is 27.2 Å². The Bertz CT molecular complexity index is 306. The fraction of sp³-hybridized carbons (Fsp3) is 0.750. The summed E-state index contributed by atoms with van der Waals surface area (Å²) < 4.78 is 9.72. The molecule has 0 spiro atoms. The minimum absolute atomic E-state index is 0.253. The molecule has 0 rings (SSSR count). The van der Waals surface area contributed by atoms with Crippen LogP contribution in [0.25, 0.3) is 0 Å². The van der Waals surface area contributed by atoms with Gasteiger partial charge >= 0.3 is 11.9 Å². The average molecular weight is 259 g/mol. The normalized spacial score (nSPS) is 10.7. The van der Waals surface area contributed by atoms with Crippen molar-refractivity contribution < 1.29 is 23.9 Å². The molecule has 6 nitrogen and oxygen atoms in total. The molecule has 0 aliphatic heterocycles. The first-order chi connectivity index (χ1) is 8.24. The van der Waals surface area contributed by atoms with Gasteiger partial charge in [-0.15, -0.1) is 0 Å². The highest BCUT2D eigenvalue weighted by Gasteiger charge is 2.17. The Morgan fingerprint density at radius 1 is 1.11 bits per heavy atom. The van der Waals surface area contributed by atoms with E-state index in [2.05, 4.69) is 5.32 Å². The zero-order chi connectivity index (χ0) is 14.2. The number of carbonyl (C=O) groups is 3. The Kier molecular flexibility index (Phi) is 7.00. The minimum Gasteiger partial charge on any atom is -0.465 e. The van der Waals surface area contributed by atoms with Crippen LogP contribution in [0.4, 0.5) is 0 Å². The second-order valence-electron chi connectivity index (χ2n) is 4.76. The number of hydrogen-bond acceptors (Lipinski definition) is 5. The molecule has 104 valence electrons. The maximum Gasteiger partial charge on any atom is 0.325 e. The molecule has 0 aromatic heterocycles. The molecule has 0 bridgehead atoms. The number of esters is 2. The Morgan fingerprint density at radius 2 is 1.72 bits per heavy atom. The molecular formula is C12H21NO5. The Labute approximate surface area is 107 Å². The van der Waals surface area contributed by atoms with Crippen LogP contribution in [-0.2, 0) is 23.9 Å². The van der Waals surface area contributed by atoms with Gasteiger partial charge in [0.2, 0.25) is 5.91 Å². The third-order valence-corrected chi connectivity index (χ3v) is 1.62. The van der Waals surface area contributed by atoms with Gasteiger partial charge in [0.1, 0.15) is 18.6 Å². The van der Waals surface area contributed by atoms with Crippen LogP contribution in [0.5, 0.6) is 0 Å². The van der Waals surface area contributed by atoms with Crippen molar-refractivity contribution in [1.82, 2.24) is 5.32 Å². The molecule has 0 radical (unpaired) electrons. The van der Waals surface area contributed by atoms with E-state index < -0.39 is 23.4 Å². The number of nitrogens with one attached hydrogen (secondary N) is 1. The summed E-state index contributed by atoms with van der Waals surface area (Å²) in [5.41, 5.74) is -0.595. The van der Waals surface area contributed by atoms with Gasteiger partial charge in [-0.25, -0.2) is 0 Å². The Morgan fingerprint density at radius 3 is 2.22 bits per heavy atom. The van der Waals surface area contributed by atoms with E-state index in [0.717, 1.165) is 0 Å². The number of carbonyl (C=O) groups excluding carboxylic acids is 3. The number of amides is 1. The summed E-state index contributed by atoms with van der Waals surface area (Å²) in [6.45, 7) is 7.09. The first-order valence-electron chi connectivity index (χ1n) is 5.88. The highest BCUT2D eigenvalue weighted by molar-refractivity contribution is 5.95. The third-order valence-electron chi connectivity index (χ3n) is 1.62. The molecule has 0 aromatic carbocycles. The monoisotopic (exact) mass is 259 g/mol. The summed E-state index contributed by atoms with van der Waals surface area (Å²) in [6, 6.07) is 0. The van der Waals surface area contributed by atoms with E-state index in [1.165, 1.54) is 0 Å². The van der Waals surface area contributed by atoms with Crippen molar-refractivity contribution in [1.29, 1.82) is 0 Å². The molecule has 1 amide bonds. The Balaban J connectivity index is 3.83. The van der Waals surface area contributed by atoms with E-state index in [1.807, 2.05) is 6.92 Å². The first kappa shape index (κ1) is 16.4. The molecule has 0 unspecified atom stereocenters. The van der Waals surface area contributed by atoms with Crippen molar-refractivity contribution >= 4 is 17.8 Å². The average Bonchev–Trinajstić information content (AvgIpc) is 2.21. The first-order valence-corrected chi connectivity index (χ1v) is 5.88. The van der Waals surface area contributed by atoms with Gasteiger partial charge in [0.25, 0.3) is 0 Å². The SMILES string of the molecule is CCCOC(=O)CC(=O)NCC(=O)OC(C)(C)C. The van der Waals surface area contributed by atoms with E-state index in [1.54, 1.807) is 20.8 Å². The fourth-order valence-electron chi connectivity index (χ4n) is 1.01. The lowest BCUT2D eigenvalue weighted by Crippen LogP contribution is -2.35. The molecule has 0 heterocycles. The summed E-state index contributed by atoms with van der Waals surface area (Å²) in [5.74, 6) is -1.70. The standard InChI is InChI=1S/C12H21NO5/c1-5-6-17-10(15)7-9(14)13-8-11(16)18-12(2,3)4/h5-8H2,1-4H3,(H,13,14). The summed E-state index contributed by atoms with van der Waals surface area (Å²) in [7, 11) is 0. The quantitative estimate of drug-likeness (QED) is 0.563. The highest BCUT2D eigenvalue weighted by atomic mass is 16.6. The molecule has 6 heteroatoms. The summed E-state index contributed by atoms with van der Waals surface area (Å²) in [5, 5.41) is 2.30. The molecular weight excluding hydrogens is 238 g/mol. The van der Waals surface area contributed by atoms with Gasteiger partial charge in [-0.1, -0.05) is 6.92 Å². The van der Waals surface area contributed by atoms with Crippen LogP contribution in [0, 0.1) is 0 Å². The maximum atomic E-state index is 11.3. The van der Waals surface area contributed by atoms with Crippen molar-refractivity contribution in [3.8, 4) is 0 Å². The number of rotatable bonds is 6. The van der Waals surface area contributed by atoms with Crippen molar-refractivity contribution in [2.75, 3.05) is 13.2 Å². The second kappa shape index (κ2) is 7.68. The van der Waals surface area contributed by atoms with Gasteiger partial charge < -0.3 is 14.8 Å². The lowest BCUT2D eigenvalue weighted by Gasteiger charge is -2.19. The molecule has 0 saturated carbocycles. The predicted molar refractivity (Wildman–Crippen MR) is 64.7 cm³/mol. The van der Waals surface area contributed by atoms with Crippen LogP contribution >= 0.6 is 0 Å². The third kappa shape index (κ3) is 9.62. The van der Waals surface area contributed by atoms with Gasteiger partial charge in [0.15, 0.2) is 0 Å². The number of hydrogen-bond donors (Lipinski definition) is 1. The summed E-state index contributed by atoms with van der Waals surface area (Å²) >= 11 is 0. The van der Waals surface area contributed by atoms with E-state index in [0.29, 0.717) is 6.42 Å². The topological polar surface area (TPSA) is 81.7 Å². The van der Waals surface area contributed by atoms with Crippen molar-refractivity contribution in [2.24, 2.45) is 0 Å². The summed E-state index contributed by atoms with van der Waals surface area (Å²) in [4.78, 5) is 33.6. The van der Waals surface area contributed by atoms with Crippen LogP contribution < -0.4 is 5.32 Å². The van der Waals surface area contributed by atoms with Gasteiger partial charge in [-0.3, -0.25) is 14.4 Å². The molecule has 0 aliphatic carbocycles. The molecule has 0 saturated heterocycles. The highest BCUT2D eigenvalue weighted by Crippen LogP contribution is 2.06. The zero-order valence-electron chi connectivity index (χ0n) is 11.4. The molecule has 18 heavy (non-hydrogen) atoms. The molecule has 0 aliphatic rings. The van der Waals surface area contributed by atoms with E-state index in [9.17, 15) is 14.4 Å². The minimum atomic E-state index is -0.599. The summed E-state index contributed by atoms with van der Waals surface area (Å²) in [6.07, 6.45) is 0.314. The van der Waals surface area contributed by atoms with Gasteiger partial charge in [-0.2, -0.15) is 0 Å². The van der Waals surface area contributed by atoms with Crippen LogP contribution in [0.3, 0.4) is 0 Å². The van der Waals surface area contributed by atoms with Gasteiger partial charge in [0, 0.05) is 0 Å². The smallest absolute Gasteiger partial charge is 0.325 e. The fourth-order valence-corrected chi connectivity index (χ4v) is 1.01. The van der Waals surface area contributed by atoms with Crippen molar-refractivity contribution in [3.05, 3.63) is 0 Å². The lowest BCUT2D eigenvalue weighted by molar-refractivity contribution is -0.155. The maximum absolute atomic E-state index is 11.3. The zero-order valence-corrected chi connectivity index (χ0v) is 11.4. The lowest BCUT2D eigenvalue weighted by atomic mass is 10.2. The molecule has 0 aromatic rings. The van der Waals surface area contributed by atoms with Crippen molar-refractivity contribution in [3.63, 3.8) is 0 Å². The van der Waals surface area contributed by atoms with Crippen LogP contribution in [-0.4, -0.2) is 36.6 Å².